The van der Waals surface area contributed by atoms with E-state index in [0.29, 0.717) is 19.3 Å². The zero-order valence-corrected chi connectivity index (χ0v) is 18.5. The summed E-state index contributed by atoms with van der Waals surface area (Å²) in [5, 5.41) is 14.4. The predicted molar refractivity (Wildman–Crippen MR) is 121 cm³/mol. The average molecular weight is 439 g/mol. The maximum absolute atomic E-state index is 12.6. The van der Waals surface area contributed by atoms with E-state index in [1.54, 1.807) is 0 Å². The van der Waals surface area contributed by atoms with Crippen molar-refractivity contribution in [2.75, 3.05) is 6.61 Å². The number of rotatable bonds is 10. The number of carbonyl (C=O) groups excluding carboxylic acids is 2. The Balaban J connectivity index is 1.62. The zero-order chi connectivity index (χ0) is 23.1. The molecule has 0 unspecified atom stereocenters. The van der Waals surface area contributed by atoms with Crippen LogP contribution in [0.15, 0.2) is 48.5 Å². The van der Waals surface area contributed by atoms with Gasteiger partial charge in [0.05, 0.1) is 6.42 Å². The first kappa shape index (κ1) is 23.3. The molecule has 0 bridgehead atoms. The van der Waals surface area contributed by atoms with Crippen molar-refractivity contribution >= 4 is 18.0 Å². The summed E-state index contributed by atoms with van der Waals surface area (Å²) in [5.41, 5.74) is 4.52. The Bertz CT molecular complexity index is 929. The third-order valence-electron chi connectivity index (χ3n) is 5.79. The van der Waals surface area contributed by atoms with Gasteiger partial charge in [-0.3, -0.25) is 9.59 Å². The van der Waals surface area contributed by atoms with Crippen LogP contribution in [0, 0.1) is 0 Å². The maximum atomic E-state index is 12.6. The van der Waals surface area contributed by atoms with Crippen LogP contribution in [0.3, 0.4) is 0 Å². The lowest BCUT2D eigenvalue weighted by molar-refractivity contribution is -0.137. The van der Waals surface area contributed by atoms with Gasteiger partial charge in [-0.25, -0.2) is 4.79 Å². The molecule has 0 radical (unpaired) electrons. The highest BCUT2D eigenvalue weighted by atomic mass is 16.5. The molecule has 3 N–H and O–H groups in total. The SMILES string of the molecule is CCC[C@H](NC(=O)OCC1c2ccccc2-c2ccccc21)C(=O)N[C@@H](CC)CC(=O)O. The Morgan fingerprint density at radius 1 is 0.969 bits per heavy atom. The Morgan fingerprint density at radius 2 is 1.56 bits per heavy atom. The average Bonchev–Trinajstić information content (AvgIpc) is 3.10. The number of fused-ring (bicyclic) bond motifs is 3. The highest BCUT2D eigenvalue weighted by molar-refractivity contribution is 5.86. The van der Waals surface area contributed by atoms with Crippen LogP contribution < -0.4 is 10.6 Å². The minimum atomic E-state index is -0.978. The van der Waals surface area contributed by atoms with Gasteiger partial charge in [-0.05, 0) is 35.1 Å². The van der Waals surface area contributed by atoms with E-state index in [2.05, 4.69) is 22.8 Å². The Hall–Kier alpha value is -3.35. The van der Waals surface area contributed by atoms with Crippen molar-refractivity contribution in [2.45, 2.75) is 57.5 Å². The number of hydrogen-bond acceptors (Lipinski definition) is 4. The molecule has 0 aliphatic heterocycles. The molecule has 0 spiro atoms. The van der Waals surface area contributed by atoms with Gasteiger partial charge in [-0.2, -0.15) is 0 Å². The maximum Gasteiger partial charge on any atom is 0.407 e. The van der Waals surface area contributed by atoms with Gasteiger partial charge >= 0.3 is 12.1 Å². The number of benzene rings is 2. The lowest BCUT2D eigenvalue weighted by atomic mass is 9.98. The lowest BCUT2D eigenvalue weighted by Crippen LogP contribution is -2.50. The summed E-state index contributed by atoms with van der Waals surface area (Å²) in [5.74, 6) is -1.44. The normalized spacial score (nSPS) is 14.1. The summed E-state index contributed by atoms with van der Waals surface area (Å²) in [6, 6.07) is 14.9. The molecule has 7 heteroatoms. The number of carboxylic acid groups (broad SMARTS) is 1. The molecule has 2 aromatic rings. The van der Waals surface area contributed by atoms with Crippen molar-refractivity contribution < 1.29 is 24.2 Å². The Kier molecular flexibility index (Phi) is 7.87. The highest BCUT2D eigenvalue weighted by Crippen LogP contribution is 2.44. The van der Waals surface area contributed by atoms with E-state index in [1.165, 1.54) is 0 Å². The van der Waals surface area contributed by atoms with Crippen molar-refractivity contribution in [3.8, 4) is 11.1 Å². The molecule has 0 heterocycles. The van der Waals surface area contributed by atoms with Crippen molar-refractivity contribution in [3.05, 3.63) is 59.7 Å². The summed E-state index contributed by atoms with van der Waals surface area (Å²) < 4.78 is 5.54. The fourth-order valence-corrected chi connectivity index (χ4v) is 4.15. The number of ether oxygens (including phenoxy) is 1. The van der Waals surface area contributed by atoms with Gasteiger partial charge in [0.2, 0.25) is 5.91 Å². The summed E-state index contributed by atoms with van der Waals surface area (Å²) in [6.45, 7) is 3.88. The van der Waals surface area contributed by atoms with E-state index in [-0.39, 0.29) is 18.9 Å². The van der Waals surface area contributed by atoms with Gasteiger partial charge in [0.25, 0.3) is 0 Å². The predicted octanol–water partition coefficient (Wildman–Crippen LogP) is 4.06. The minimum Gasteiger partial charge on any atom is -0.481 e. The second-order valence-corrected chi connectivity index (χ2v) is 8.02. The van der Waals surface area contributed by atoms with E-state index in [0.717, 1.165) is 22.3 Å². The third-order valence-corrected chi connectivity index (χ3v) is 5.79. The molecule has 7 nitrogen and oxygen atoms in total. The molecule has 1 aliphatic rings. The molecule has 170 valence electrons. The molecule has 32 heavy (non-hydrogen) atoms. The van der Waals surface area contributed by atoms with Crippen LogP contribution >= 0.6 is 0 Å². The van der Waals surface area contributed by atoms with Gasteiger partial charge in [-0.15, -0.1) is 0 Å². The summed E-state index contributed by atoms with van der Waals surface area (Å²) in [4.78, 5) is 36.1. The van der Waals surface area contributed by atoms with E-state index in [4.69, 9.17) is 9.84 Å². The fourth-order valence-electron chi connectivity index (χ4n) is 4.15. The Morgan fingerprint density at radius 3 is 2.09 bits per heavy atom. The molecule has 1 aliphatic carbocycles. The van der Waals surface area contributed by atoms with E-state index < -0.39 is 30.1 Å². The summed E-state index contributed by atoms with van der Waals surface area (Å²) in [6.07, 6.45) is 0.775. The standard InChI is InChI=1S/C25H30N2O5/c1-3-9-22(24(30)26-16(4-2)14-23(28)29)27-25(31)32-15-21-19-12-7-5-10-17(19)18-11-6-8-13-20(18)21/h5-8,10-13,16,21-22H,3-4,9,14-15H2,1-2H3,(H,26,30)(H,27,31)(H,28,29)/t16-,22-/m0/s1. The van der Waals surface area contributed by atoms with Gasteiger partial charge in [0, 0.05) is 12.0 Å². The van der Waals surface area contributed by atoms with Gasteiger partial charge in [-0.1, -0.05) is 68.8 Å². The number of nitrogens with one attached hydrogen (secondary N) is 2. The first-order valence-electron chi connectivity index (χ1n) is 11.1. The van der Waals surface area contributed by atoms with Crippen molar-refractivity contribution in [1.82, 2.24) is 10.6 Å². The first-order valence-corrected chi connectivity index (χ1v) is 11.1. The smallest absolute Gasteiger partial charge is 0.407 e. The van der Waals surface area contributed by atoms with Gasteiger partial charge < -0.3 is 20.5 Å². The van der Waals surface area contributed by atoms with Crippen LogP contribution in [0.2, 0.25) is 0 Å². The van der Waals surface area contributed by atoms with Crippen LogP contribution in [0.4, 0.5) is 4.79 Å². The molecule has 2 atom stereocenters. The van der Waals surface area contributed by atoms with E-state index in [1.807, 2.05) is 50.2 Å². The van der Waals surface area contributed by atoms with Crippen LogP contribution in [-0.2, 0) is 14.3 Å². The molecule has 0 saturated heterocycles. The van der Waals surface area contributed by atoms with E-state index in [9.17, 15) is 14.4 Å². The molecule has 3 rings (SSSR count). The van der Waals surface area contributed by atoms with Gasteiger partial charge in [0.15, 0.2) is 0 Å². The molecule has 0 saturated carbocycles. The number of amides is 2. The number of aliphatic carboxylic acids is 1. The lowest BCUT2D eigenvalue weighted by Gasteiger charge is -2.22. The minimum absolute atomic E-state index is 0.0633. The van der Waals surface area contributed by atoms with Crippen LogP contribution in [-0.4, -0.2) is 41.8 Å². The topological polar surface area (TPSA) is 105 Å². The quantitative estimate of drug-likeness (QED) is 0.519. The zero-order valence-electron chi connectivity index (χ0n) is 18.5. The fraction of sp³-hybridized carbons (Fsp3) is 0.400. The second-order valence-electron chi connectivity index (χ2n) is 8.02. The molecular formula is C25H30N2O5. The second kappa shape index (κ2) is 10.8. The largest absolute Gasteiger partial charge is 0.481 e. The summed E-state index contributed by atoms with van der Waals surface area (Å²) >= 11 is 0. The molecular weight excluding hydrogens is 408 g/mol. The molecule has 0 aromatic heterocycles. The van der Waals surface area contributed by atoms with Gasteiger partial charge in [0.1, 0.15) is 12.6 Å². The van der Waals surface area contributed by atoms with Crippen LogP contribution in [0.25, 0.3) is 11.1 Å². The van der Waals surface area contributed by atoms with E-state index >= 15 is 0 Å². The highest BCUT2D eigenvalue weighted by Gasteiger charge is 2.30. The number of carbonyl (C=O) groups is 3. The van der Waals surface area contributed by atoms with Crippen molar-refractivity contribution in [3.63, 3.8) is 0 Å². The molecule has 2 aromatic carbocycles. The van der Waals surface area contributed by atoms with Crippen LogP contribution in [0.1, 0.15) is 56.6 Å². The van der Waals surface area contributed by atoms with Crippen LogP contribution in [0.5, 0.6) is 0 Å². The number of alkyl carbamates (subject to hydrolysis) is 1. The molecule has 0 fully saturated rings. The molecule has 2 amide bonds. The number of hydrogen-bond donors (Lipinski definition) is 3. The Labute approximate surface area is 188 Å². The van der Waals surface area contributed by atoms with Crippen molar-refractivity contribution in [1.29, 1.82) is 0 Å². The monoisotopic (exact) mass is 438 g/mol. The first-order chi connectivity index (χ1) is 15.4. The van der Waals surface area contributed by atoms with Crippen molar-refractivity contribution in [2.24, 2.45) is 0 Å². The summed E-state index contributed by atoms with van der Waals surface area (Å²) in [7, 11) is 0. The number of carboxylic acids is 1. The third kappa shape index (κ3) is 5.46.